The summed E-state index contributed by atoms with van der Waals surface area (Å²) in [5.74, 6) is 0.493. The Morgan fingerprint density at radius 1 is 1.35 bits per heavy atom. The van der Waals surface area contributed by atoms with E-state index in [1.54, 1.807) is 0 Å². The van der Waals surface area contributed by atoms with Crippen LogP contribution in [0.5, 0.6) is 0 Å². The van der Waals surface area contributed by atoms with Gasteiger partial charge in [-0.25, -0.2) is 4.98 Å². The van der Waals surface area contributed by atoms with Crippen molar-refractivity contribution in [2.45, 2.75) is 37.9 Å². The van der Waals surface area contributed by atoms with E-state index in [4.69, 9.17) is 16.3 Å². The van der Waals surface area contributed by atoms with Gasteiger partial charge in [-0.3, -0.25) is 4.57 Å². The number of halogens is 1. The molecular formula is C13H18ClN5O4. The molecular weight excluding hydrogens is 326 g/mol. The minimum absolute atomic E-state index is 0.0320. The Morgan fingerprint density at radius 2 is 2.13 bits per heavy atom. The summed E-state index contributed by atoms with van der Waals surface area (Å²) in [5.41, 5.74) is 0.860. The van der Waals surface area contributed by atoms with E-state index in [9.17, 15) is 15.3 Å². The zero-order valence-electron chi connectivity index (χ0n) is 12.4. The smallest absolute Gasteiger partial charge is 0.226 e. The summed E-state index contributed by atoms with van der Waals surface area (Å²) in [6, 6.07) is 0. The Hall–Kier alpha value is -1.52. The molecule has 0 saturated carbocycles. The predicted molar refractivity (Wildman–Crippen MR) is 82.1 cm³/mol. The van der Waals surface area contributed by atoms with Crippen LogP contribution in [0.15, 0.2) is 6.33 Å². The van der Waals surface area contributed by atoms with Crippen molar-refractivity contribution in [3.8, 4) is 0 Å². The number of ether oxygens (including phenoxy) is 1. The number of aromatic nitrogens is 4. The summed E-state index contributed by atoms with van der Waals surface area (Å²) in [7, 11) is 0. The van der Waals surface area contributed by atoms with Crippen molar-refractivity contribution in [3.05, 3.63) is 11.6 Å². The predicted octanol–water partition coefficient (Wildman–Crippen LogP) is -0.0869. The quantitative estimate of drug-likeness (QED) is 0.555. The van der Waals surface area contributed by atoms with Crippen molar-refractivity contribution < 1.29 is 20.1 Å². The fourth-order valence-electron chi connectivity index (χ4n) is 2.55. The van der Waals surface area contributed by atoms with Gasteiger partial charge < -0.3 is 25.4 Å². The maximum absolute atomic E-state index is 10.1. The first-order valence-corrected chi connectivity index (χ1v) is 7.71. The molecule has 3 heterocycles. The second kappa shape index (κ2) is 6.54. The number of nitrogens with zero attached hydrogens (tertiary/aromatic N) is 4. The molecule has 3 rings (SSSR count). The molecule has 4 atom stereocenters. The monoisotopic (exact) mass is 343 g/mol. The van der Waals surface area contributed by atoms with Crippen LogP contribution in [-0.2, 0) is 4.74 Å². The second-order valence-electron chi connectivity index (χ2n) is 5.32. The molecule has 4 N–H and O–H groups in total. The van der Waals surface area contributed by atoms with Crippen LogP contribution >= 0.6 is 11.6 Å². The number of aliphatic hydroxyl groups excluding tert-OH is 3. The highest BCUT2D eigenvalue weighted by molar-refractivity contribution is 6.28. The Bertz CT molecular complexity index is 696. The molecule has 0 aliphatic carbocycles. The van der Waals surface area contributed by atoms with Crippen LogP contribution in [0.4, 0.5) is 5.82 Å². The first-order valence-electron chi connectivity index (χ1n) is 7.33. The van der Waals surface area contributed by atoms with Crippen LogP contribution in [0.3, 0.4) is 0 Å². The standard InChI is InChI=1S/C13H18ClN5O4/c1-2-3-15-10-7-11(18-13(14)17-10)19(5-16-7)12-9(22)8(21)6(4-20)23-12/h5-6,8-9,12,20-22H,2-4H2,1H3,(H,15,17,18)/t6-,8-,9-,12-/m1/s1. The average Bonchev–Trinajstić information content (AvgIpc) is 3.07. The SMILES string of the molecule is CCCNc1nc(Cl)nc2c1ncn2[C@@H]1O[C@H](CO)[C@@H](O)[C@H]1O. The van der Waals surface area contributed by atoms with Gasteiger partial charge in [0.2, 0.25) is 5.28 Å². The van der Waals surface area contributed by atoms with Crippen molar-refractivity contribution in [1.29, 1.82) is 0 Å². The normalized spacial score (nSPS) is 27.7. The third-order valence-corrected chi connectivity index (χ3v) is 3.90. The van der Waals surface area contributed by atoms with Crippen LogP contribution in [0.25, 0.3) is 11.2 Å². The summed E-state index contributed by atoms with van der Waals surface area (Å²) in [4.78, 5) is 12.5. The van der Waals surface area contributed by atoms with E-state index in [1.165, 1.54) is 10.9 Å². The Labute approximate surface area is 136 Å². The van der Waals surface area contributed by atoms with Crippen molar-refractivity contribution in [2.75, 3.05) is 18.5 Å². The van der Waals surface area contributed by atoms with E-state index in [2.05, 4.69) is 20.3 Å². The molecule has 1 fully saturated rings. The fourth-order valence-corrected chi connectivity index (χ4v) is 2.72. The van der Waals surface area contributed by atoms with Gasteiger partial charge in [0, 0.05) is 6.54 Å². The van der Waals surface area contributed by atoms with Gasteiger partial charge in [-0.05, 0) is 18.0 Å². The van der Waals surface area contributed by atoms with Crippen LogP contribution in [0.2, 0.25) is 5.28 Å². The zero-order valence-corrected chi connectivity index (χ0v) is 13.2. The topological polar surface area (TPSA) is 126 Å². The van der Waals surface area contributed by atoms with Crippen LogP contribution in [0, 0.1) is 0 Å². The molecule has 23 heavy (non-hydrogen) atoms. The van der Waals surface area contributed by atoms with Gasteiger partial charge in [-0.1, -0.05) is 6.92 Å². The molecule has 9 nitrogen and oxygen atoms in total. The lowest BCUT2D eigenvalue weighted by Crippen LogP contribution is -2.33. The molecule has 0 spiro atoms. The van der Waals surface area contributed by atoms with E-state index in [0.717, 1.165) is 6.42 Å². The third-order valence-electron chi connectivity index (χ3n) is 3.73. The van der Waals surface area contributed by atoms with Crippen molar-refractivity contribution in [3.63, 3.8) is 0 Å². The molecule has 2 aromatic heterocycles. The minimum Gasteiger partial charge on any atom is -0.394 e. The highest BCUT2D eigenvalue weighted by Crippen LogP contribution is 2.32. The van der Waals surface area contributed by atoms with E-state index in [1.807, 2.05) is 6.92 Å². The minimum atomic E-state index is -1.22. The molecule has 0 bridgehead atoms. The summed E-state index contributed by atoms with van der Waals surface area (Å²) in [5, 5.41) is 32.4. The van der Waals surface area contributed by atoms with E-state index in [-0.39, 0.29) is 5.28 Å². The van der Waals surface area contributed by atoms with Gasteiger partial charge in [0.25, 0.3) is 0 Å². The molecule has 0 aromatic carbocycles. The maximum atomic E-state index is 10.1. The number of hydrogen-bond acceptors (Lipinski definition) is 8. The fraction of sp³-hybridized carbons (Fsp3) is 0.615. The Kier molecular flexibility index (Phi) is 4.64. The number of nitrogens with one attached hydrogen (secondary N) is 1. The number of hydrogen-bond donors (Lipinski definition) is 4. The van der Waals surface area contributed by atoms with Crippen LogP contribution in [-0.4, -0.2) is 66.3 Å². The molecule has 1 saturated heterocycles. The molecule has 10 heteroatoms. The molecule has 1 aliphatic heterocycles. The van der Waals surface area contributed by atoms with E-state index < -0.39 is 31.1 Å². The number of aliphatic hydroxyl groups is 3. The van der Waals surface area contributed by atoms with E-state index in [0.29, 0.717) is 23.5 Å². The van der Waals surface area contributed by atoms with Crippen molar-refractivity contribution in [1.82, 2.24) is 19.5 Å². The largest absolute Gasteiger partial charge is 0.394 e. The Balaban J connectivity index is 2.01. The van der Waals surface area contributed by atoms with Crippen LogP contribution < -0.4 is 5.32 Å². The van der Waals surface area contributed by atoms with Gasteiger partial charge in [0.05, 0.1) is 12.9 Å². The van der Waals surface area contributed by atoms with Gasteiger partial charge in [0.1, 0.15) is 18.3 Å². The van der Waals surface area contributed by atoms with Crippen LogP contribution in [0.1, 0.15) is 19.6 Å². The second-order valence-corrected chi connectivity index (χ2v) is 5.66. The molecule has 126 valence electrons. The van der Waals surface area contributed by atoms with Gasteiger partial charge in [-0.2, -0.15) is 9.97 Å². The lowest BCUT2D eigenvalue weighted by molar-refractivity contribution is -0.0511. The Morgan fingerprint density at radius 3 is 2.78 bits per heavy atom. The number of imidazole rings is 1. The molecule has 0 unspecified atom stereocenters. The lowest BCUT2D eigenvalue weighted by atomic mass is 10.1. The highest BCUT2D eigenvalue weighted by Gasteiger charge is 2.44. The number of fused-ring (bicyclic) bond motifs is 1. The maximum Gasteiger partial charge on any atom is 0.226 e. The van der Waals surface area contributed by atoms with Gasteiger partial charge >= 0.3 is 0 Å². The van der Waals surface area contributed by atoms with Crippen molar-refractivity contribution in [2.24, 2.45) is 0 Å². The summed E-state index contributed by atoms with van der Waals surface area (Å²) in [6.45, 7) is 2.31. The summed E-state index contributed by atoms with van der Waals surface area (Å²) in [6.07, 6.45) is -1.87. The molecule has 1 aliphatic rings. The number of rotatable bonds is 5. The molecule has 2 aromatic rings. The first-order chi connectivity index (χ1) is 11.1. The highest BCUT2D eigenvalue weighted by atomic mass is 35.5. The molecule has 0 radical (unpaired) electrons. The van der Waals surface area contributed by atoms with Gasteiger partial charge in [-0.15, -0.1) is 0 Å². The number of anilines is 1. The van der Waals surface area contributed by atoms with Crippen molar-refractivity contribution >= 4 is 28.6 Å². The third kappa shape index (κ3) is 2.86. The first kappa shape index (κ1) is 16.3. The average molecular weight is 344 g/mol. The summed E-state index contributed by atoms with van der Waals surface area (Å²) >= 11 is 5.96. The van der Waals surface area contributed by atoms with Gasteiger partial charge in [0.15, 0.2) is 23.2 Å². The van der Waals surface area contributed by atoms with E-state index >= 15 is 0 Å². The molecule has 0 amide bonds. The lowest BCUT2D eigenvalue weighted by Gasteiger charge is -2.16. The zero-order chi connectivity index (χ0) is 16.6. The summed E-state index contributed by atoms with van der Waals surface area (Å²) < 4.78 is 6.97.